The molecule has 0 atom stereocenters. The van der Waals surface area contributed by atoms with E-state index in [9.17, 15) is 18.0 Å². The lowest BCUT2D eigenvalue weighted by Crippen LogP contribution is -2.26. The zero-order valence-corrected chi connectivity index (χ0v) is 19.7. The van der Waals surface area contributed by atoms with Gasteiger partial charge in [0.15, 0.2) is 0 Å². The summed E-state index contributed by atoms with van der Waals surface area (Å²) < 4.78 is 26.4. The molecule has 172 valence electrons. The van der Waals surface area contributed by atoms with E-state index in [-0.39, 0.29) is 23.3 Å². The predicted molar refractivity (Wildman–Crippen MR) is 127 cm³/mol. The lowest BCUT2D eigenvalue weighted by molar-refractivity contribution is 0.0951. The van der Waals surface area contributed by atoms with E-state index >= 15 is 0 Å². The van der Waals surface area contributed by atoms with Crippen molar-refractivity contribution in [3.8, 4) is 0 Å². The second-order valence-electron chi connectivity index (χ2n) is 7.65. The van der Waals surface area contributed by atoms with Gasteiger partial charge in [-0.25, -0.2) is 13.1 Å². The number of thiophene rings is 1. The normalized spacial score (nSPS) is 13.2. The summed E-state index contributed by atoms with van der Waals surface area (Å²) in [5, 5.41) is 6.31. The fourth-order valence-corrected chi connectivity index (χ4v) is 5.86. The lowest BCUT2D eigenvalue weighted by Gasteiger charge is -2.13. The van der Waals surface area contributed by atoms with Crippen LogP contribution in [0.1, 0.15) is 49.6 Å². The first-order valence-electron chi connectivity index (χ1n) is 10.6. The summed E-state index contributed by atoms with van der Waals surface area (Å²) in [6, 6.07) is 9.77. The number of hydrogen-bond acceptors (Lipinski definition) is 6. The number of benzene rings is 1. The van der Waals surface area contributed by atoms with Crippen molar-refractivity contribution in [2.45, 2.75) is 37.1 Å². The zero-order valence-electron chi connectivity index (χ0n) is 18.1. The maximum Gasteiger partial charge on any atom is 0.257 e. The van der Waals surface area contributed by atoms with E-state index < -0.39 is 10.0 Å². The van der Waals surface area contributed by atoms with Gasteiger partial charge in [-0.2, -0.15) is 0 Å². The lowest BCUT2D eigenvalue weighted by atomic mass is 9.95. The van der Waals surface area contributed by atoms with Gasteiger partial charge < -0.3 is 10.6 Å². The molecular formula is C23H24N4O4S2. The van der Waals surface area contributed by atoms with Crippen molar-refractivity contribution < 1.29 is 18.0 Å². The monoisotopic (exact) mass is 484 g/mol. The molecule has 0 radical (unpaired) electrons. The fourth-order valence-electron chi connectivity index (χ4n) is 3.78. The number of nitrogens with zero attached hydrogens (tertiary/aromatic N) is 1. The highest BCUT2D eigenvalue weighted by molar-refractivity contribution is 7.89. The molecule has 0 bridgehead atoms. The van der Waals surface area contributed by atoms with Crippen LogP contribution in [0.15, 0.2) is 53.7 Å². The number of nitrogens with one attached hydrogen (secondary N) is 3. The maximum atomic E-state index is 13.2. The molecule has 0 unspecified atom stereocenters. The molecule has 0 aliphatic heterocycles. The van der Waals surface area contributed by atoms with E-state index in [1.165, 1.54) is 36.7 Å². The predicted octanol–water partition coefficient (Wildman–Crippen LogP) is 3.11. The molecule has 33 heavy (non-hydrogen) atoms. The Hall–Kier alpha value is -3.08. The quantitative estimate of drug-likeness (QED) is 0.476. The molecule has 2 amide bonds. The Morgan fingerprint density at radius 3 is 2.67 bits per heavy atom. The summed E-state index contributed by atoms with van der Waals surface area (Å²) in [5.41, 5.74) is 2.55. The van der Waals surface area contributed by atoms with E-state index in [1.54, 1.807) is 30.5 Å². The third kappa shape index (κ3) is 5.13. The van der Waals surface area contributed by atoms with Crippen LogP contribution in [0.25, 0.3) is 0 Å². The molecule has 2 aromatic heterocycles. The summed E-state index contributed by atoms with van der Waals surface area (Å²) in [5.74, 6) is -0.613. The number of aryl methyl sites for hydroxylation is 1. The number of aromatic nitrogens is 1. The van der Waals surface area contributed by atoms with Crippen LogP contribution in [-0.2, 0) is 29.4 Å². The average molecular weight is 485 g/mol. The number of carbonyl (C=O) groups is 2. The van der Waals surface area contributed by atoms with E-state index in [0.29, 0.717) is 21.7 Å². The number of anilines is 1. The first kappa shape index (κ1) is 23.1. The van der Waals surface area contributed by atoms with Crippen molar-refractivity contribution in [3.05, 3.63) is 75.9 Å². The number of rotatable bonds is 7. The standard InChI is InChI=1S/C23H24N4O4S2/c1-24-33(30,31)17-8-4-6-15(12-17)13-26-22(29)20-18-9-2-3-10-19(18)32-23(20)27-21(28)16-7-5-11-25-14-16/h4-8,11-12,14,24H,2-3,9-10,13H2,1H3,(H,26,29)(H,27,28). The number of fused-ring (bicyclic) bond motifs is 1. The number of carbonyl (C=O) groups excluding carboxylic acids is 2. The molecule has 0 saturated carbocycles. The molecule has 4 rings (SSSR count). The van der Waals surface area contributed by atoms with Gasteiger partial charge in [0.25, 0.3) is 11.8 Å². The topological polar surface area (TPSA) is 117 Å². The SMILES string of the molecule is CNS(=O)(=O)c1cccc(CNC(=O)c2c(NC(=O)c3cccnc3)sc3c2CCCC3)c1. The van der Waals surface area contributed by atoms with Gasteiger partial charge in [0.1, 0.15) is 5.00 Å². The Bertz CT molecular complexity index is 1290. The molecule has 0 saturated heterocycles. The Balaban J connectivity index is 1.56. The maximum absolute atomic E-state index is 13.2. The van der Waals surface area contributed by atoms with Crippen molar-refractivity contribution in [1.29, 1.82) is 0 Å². The van der Waals surface area contributed by atoms with Gasteiger partial charge >= 0.3 is 0 Å². The largest absolute Gasteiger partial charge is 0.348 e. The van der Waals surface area contributed by atoms with Crippen LogP contribution in [0.3, 0.4) is 0 Å². The molecular weight excluding hydrogens is 460 g/mol. The Kier molecular flexibility index (Phi) is 6.87. The molecule has 1 aromatic carbocycles. The Labute approximate surface area is 196 Å². The zero-order chi connectivity index (χ0) is 23.4. The van der Waals surface area contributed by atoms with Gasteiger partial charge in [-0.05, 0) is 68.1 Å². The number of hydrogen-bond donors (Lipinski definition) is 3. The molecule has 1 aliphatic carbocycles. The first-order valence-corrected chi connectivity index (χ1v) is 12.9. The van der Waals surface area contributed by atoms with Crippen LogP contribution < -0.4 is 15.4 Å². The van der Waals surface area contributed by atoms with Gasteiger partial charge in [-0.3, -0.25) is 14.6 Å². The van der Waals surface area contributed by atoms with E-state index in [2.05, 4.69) is 20.3 Å². The molecule has 10 heteroatoms. The summed E-state index contributed by atoms with van der Waals surface area (Å²) >= 11 is 1.44. The smallest absolute Gasteiger partial charge is 0.257 e. The molecule has 2 heterocycles. The second-order valence-corrected chi connectivity index (χ2v) is 10.6. The van der Waals surface area contributed by atoms with Crippen LogP contribution in [0, 0.1) is 0 Å². The van der Waals surface area contributed by atoms with Crippen molar-refractivity contribution in [3.63, 3.8) is 0 Å². The third-order valence-electron chi connectivity index (χ3n) is 5.48. The van der Waals surface area contributed by atoms with Crippen LogP contribution in [-0.4, -0.2) is 32.3 Å². The Morgan fingerprint density at radius 2 is 1.91 bits per heavy atom. The van der Waals surface area contributed by atoms with Crippen LogP contribution >= 0.6 is 11.3 Å². The highest BCUT2D eigenvalue weighted by Crippen LogP contribution is 2.38. The minimum Gasteiger partial charge on any atom is -0.348 e. The second kappa shape index (κ2) is 9.82. The molecule has 1 aliphatic rings. The van der Waals surface area contributed by atoms with E-state index in [1.807, 2.05) is 0 Å². The van der Waals surface area contributed by atoms with Crippen LogP contribution in [0.5, 0.6) is 0 Å². The minimum absolute atomic E-state index is 0.133. The highest BCUT2D eigenvalue weighted by atomic mass is 32.2. The van der Waals surface area contributed by atoms with E-state index in [4.69, 9.17) is 0 Å². The number of amides is 2. The summed E-state index contributed by atoms with van der Waals surface area (Å²) in [4.78, 5) is 31.2. The molecule has 3 aromatic rings. The van der Waals surface area contributed by atoms with Crippen molar-refractivity contribution >= 4 is 38.2 Å². The number of pyridine rings is 1. The van der Waals surface area contributed by atoms with Crippen LogP contribution in [0.2, 0.25) is 0 Å². The third-order valence-corrected chi connectivity index (χ3v) is 8.10. The van der Waals surface area contributed by atoms with Gasteiger partial charge in [-0.1, -0.05) is 12.1 Å². The fraction of sp³-hybridized carbons (Fsp3) is 0.261. The Morgan fingerprint density at radius 1 is 1.09 bits per heavy atom. The van der Waals surface area contributed by atoms with Gasteiger partial charge in [-0.15, -0.1) is 11.3 Å². The van der Waals surface area contributed by atoms with Gasteiger partial charge in [0, 0.05) is 23.8 Å². The summed E-state index contributed by atoms with van der Waals surface area (Å²) in [6.07, 6.45) is 6.78. The highest BCUT2D eigenvalue weighted by Gasteiger charge is 2.26. The van der Waals surface area contributed by atoms with Crippen molar-refractivity contribution in [2.24, 2.45) is 0 Å². The molecule has 3 N–H and O–H groups in total. The van der Waals surface area contributed by atoms with Crippen molar-refractivity contribution in [2.75, 3.05) is 12.4 Å². The summed E-state index contributed by atoms with van der Waals surface area (Å²) in [6.45, 7) is 0.159. The summed E-state index contributed by atoms with van der Waals surface area (Å²) in [7, 11) is -2.22. The van der Waals surface area contributed by atoms with Crippen molar-refractivity contribution in [1.82, 2.24) is 15.0 Å². The van der Waals surface area contributed by atoms with E-state index in [0.717, 1.165) is 36.1 Å². The minimum atomic E-state index is -3.57. The molecule has 0 spiro atoms. The molecule has 0 fully saturated rings. The van der Waals surface area contributed by atoms with Gasteiger partial charge in [0.2, 0.25) is 10.0 Å². The van der Waals surface area contributed by atoms with Crippen LogP contribution in [0.4, 0.5) is 5.00 Å². The average Bonchev–Trinajstić information content (AvgIpc) is 3.21. The first-order chi connectivity index (χ1) is 15.9. The van der Waals surface area contributed by atoms with Gasteiger partial charge in [0.05, 0.1) is 16.0 Å². The molecule has 8 nitrogen and oxygen atoms in total. The number of sulfonamides is 1.